The van der Waals surface area contributed by atoms with Gasteiger partial charge in [0.25, 0.3) is 0 Å². The van der Waals surface area contributed by atoms with Gasteiger partial charge in [-0.15, -0.1) is 0 Å². The SMILES string of the molecule is N#Cc1cnc2ccc(Cc3cc(C(=O)NC[C]4=CC(Cl)=[CH][In]4[F])ccn3)cc2c1. The Balaban J connectivity index is 1.47. The van der Waals surface area contributed by atoms with Gasteiger partial charge in [-0.05, 0) is 0 Å². The number of carbonyl (C=O) groups excluding carboxylic acids is 1. The second kappa shape index (κ2) is 8.99. The summed E-state index contributed by atoms with van der Waals surface area (Å²) in [6, 6.07) is 13.1. The number of amides is 1. The Hall–Kier alpha value is -2.69. The number of hydrogen-bond acceptors (Lipinski definition) is 4. The van der Waals surface area contributed by atoms with Gasteiger partial charge in [-0.3, -0.25) is 4.98 Å². The fourth-order valence-electron chi connectivity index (χ4n) is 3.26. The van der Waals surface area contributed by atoms with E-state index in [1.54, 1.807) is 36.7 Å². The molecule has 30 heavy (non-hydrogen) atoms. The topological polar surface area (TPSA) is 78.7 Å². The van der Waals surface area contributed by atoms with Crippen LogP contribution in [0, 0.1) is 11.3 Å². The molecule has 8 heteroatoms. The van der Waals surface area contributed by atoms with Crippen molar-refractivity contribution < 1.29 is 7.46 Å². The Morgan fingerprint density at radius 1 is 1.23 bits per heavy atom. The molecule has 1 aliphatic heterocycles. The summed E-state index contributed by atoms with van der Waals surface area (Å²) in [6.45, 7) is 0.180. The first-order valence-electron chi connectivity index (χ1n) is 9.25. The zero-order chi connectivity index (χ0) is 21.1. The zero-order valence-electron chi connectivity index (χ0n) is 15.8. The molecule has 2 aromatic heterocycles. The van der Waals surface area contributed by atoms with E-state index in [9.17, 15) is 7.46 Å². The third kappa shape index (κ3) is 4.72. The van der Waals surface area contributed by atoms with E-state index < -0.39 is 22.0 Å². The molecular weight excluding hydrogens is 506 g/mol. The number of halogens is 2. The van der Waals surface area contributed by atoms with Gasteiger partial charge < -0.3 is 0 Å². The molecule has 0 atom stereocenters. The van der Waals surface area contributed by atoms with Crippen molar-refractivity contribution in [2.75, 3.05) is 6.54 Å². The molecule has 3 heterocycles. The fraction of sp³-hybridized carbons (Fsp3) is 0.0909. The van der Waals surface area contributed by atoms with E-state index in [1.165, 1.54) is 3.83 Å². The number of pyridine rings is 2. The Bertz CT molecular complexity index is 1250. The van der Waals surface area contributed by atoms with Crippen LogP contribution in [0.1, 0.15) is 27.2 Å². The number of rotatable bonds is 5. The van der Waals surface area contributed by atoms with Crippen molar-refractivity contribution in [3.8, 4) is 6.07 Å². The predicted molar refractivity (Wildman–Crippen MR) is 115 cm³/mol. The van der Waals surface area contributed by atoms with Crippen LogP contribution >= 0.6 is 11.6 Å². The maximum absolute atomic E-state index is 14.0. The third-order valence-corrected chi connectivity index (χ3v) is 10.6. The first-order valence-corrected chi connectivity index (χ1v) is 14.4. The molecule has 3 aromatic rings. The molecule has 0 spiro atoms. The van der Waals surface area contributed by atoms with E-state index in [1.807, 2.05) is 18.2 Å². The molecule has 0 radical (unpaired) electrons. The summed E-state index contributed by atoms with van der Waals surface area (Å²) in [5, 5.41) is 13.1. The van der Waals surface area contributed by atoms with Gasteiger partial charge in [0.1, 0.15) is 6.07 Å². The second-order valence-electron chi connectivity index (χ2n) is 6.93. The van der Waals surface area contributed by atoms with Crippen molar-refractivity contribution in [2.24, 2.45) is 0 Å². The molecular formula is C22H15ClFInN4O. The van der Waals surface area contributed by atoms with Crippen LogP contribution in [-0.2, 0) is 6.42 Å². The van der Waals surface area contributed by atoms with Gasteiger partial charge >= 0.3 is 159 Å². The van der Waals surface area contributed by atoms with E-state index in [2.05, 4.69) is 21.4 Å². The van der Waals surface area contributed by atoms with Gasteiger partial charge in [0.2, 0.25) is 0 Å². The summed E-state index contributed by atoms with van der Waals surface area (Å²) in [6.07, 6.45) is 5.28. The average Bonchev–Trinajstić information content (AvgIpc) is 3.08. The van der Waals surface area contributed by atoms with E-state index >= 15 is 0 Å². The fourth-order valence-corrected chi connectivity index (χ4v) is 7.94. The Morgan fingerprint density at radius 3 is 2.87 bits per heavy atom. The van der Waals surface area contributed by atoms with Crippen LogP contribution in [0.4, 0.5) is 2.66 Å². The summed E-state index contributed by atoms with van der Waals surface area (Å²) in [7, 11) is 0. The molecule has 1 amide bonds. The number of fused-ring (bicyclic) bond motifs is 1. The minimum absolute atomic E-state index is 0.180. The van der Waals surface area contributed by atoms with Gasteiger partial charge in [-0.2, -0.15) is 5.26 Å². The summed E-state index contributed by atoms with van der Waals surface area (Å²) in [4.78, 5) is 21.1. The summed E-state index contributed by atoms with van der Waals surface area (Å²) >= 11 is 2.49. The van der Waals surface area contributed by atoms with Gasteiger partial charge in [0.05, 0.1) is 5.56 Å². The monoisotopic (exact) mass is 520 g/mol. The van der Waals surface area contributed by atoms with Crippen molar-refractivity contribution in [2.45, 2.75) is 6.42 Å². The molecule has 146 valence electrons. The summed E-state index contributed by atoms with van der Waals surface area (Å²) in [5.74, 6) is -0.276. The van der Waals surface area contributed by atoms with Crippen molar-refractivity contribution in [1.82, 2.24) is 15.3 Å². The standard InChI is InChI=1S/C22H15ClN4O.FH.In/c1-15(23)3-2-7-26-22(28)18-6-8-25-20(12-18)11-16-4-5-21-19(9-16)10-17(13-24)14-27-21;;/h1,3-6,8-10,12,14H,7,11H2,(H,26,28);1H;/q;;+1/p-1. The maximum atomic E-state index is 14.0. The molecule has 1 N–H and O–H groups in total. The van der Waals surface area contributed by atoms with Gasteiger partial charge in [0.15, 0.2) is 0 Å². The van der Waals surface area contributed by atoms with Crippen LogP contribution in [-0.4, -0.2) is 44.5 Å². The minimum atomic E-state index is -3.35. The van der Waals surface area contributed by atoms with Crippen molar-refractivity contribution >= 4 is 50.5 Å². The quantitative estimate of drug-likeness (QED) is 0.553. The molecule has 0 unspecified atom stereocenters. The molecule has 0 saturated heterocycles. The molecule has 1 aliphatic rings. The number of allylic oxidation sites excluding steroid dienone is 2. The van der Waals surface area contributed by atoms with Crippen LogP contribution < -0.4 is 5.32 Å². The number of benzene rings is 1. The zero-order valence-corrected chi connectivity index (χ0v) is 19.8. The normalized spacial score (nSPS) is 13.0. The first-order chi connectivity index (χ1) is 14.5. The first kappa shape index (κ1) is 20.6. The number of hydrogen-bond donors (Lipinski definition) is 1. The molecule has 0 saturated carbocycles. The number of nitrogens with zero attached hydrogens (tertiary/aromatic N) is 3. The van der Waals surface area contributed by atoms with Gasteiger partial charge in [-0.1, -0.05) is 0 Å². The van der Waals surface area contributed by atoms with Gasteiger partial charge in [0, 0.05) is 6.20 Å². The Labute approximate surface area is 186 Å². The van der Waals surface area contributed by atoms with E-state index in [0.29, 0.717) is 25.9 Å². The summed E-state index contributed by atoms with van der Waals surface area (Å²) < 4.78 is 16.1. The van der Waals surface area contributed by atoms with Crippen LogP contribution in [0.3, 0.4) is 0 Å². The molecule has 5 nitrogen and oxygen atoms in total. The predicted octanol–water partition coefficient (Wildman–Crippen LogP) is 3.92. The molecule has 4 rings (SSSR count). The van der Waals surface area contributed by atoms with Gasteiger partial charge in [-0.25, -0.2) is 0 Å². The summed E-state index contributed by atoms with van der Waals surface area (Å²) in [5.41, 5.74) is 3.52. The van der Waals surface area contributed by atoms with E-state index in [4.69, 9.17) is 16.9 Å². The molecule has 0 fully saturated rings. The Morgan fingerprint density at radius 2 is 2.10 bits per heavy atom. The number of carbonyl (C=O) groups is 1. The van der Waals surface area contributed by atoms with E-state index in [-0.39, 0.29) is 12.5 Å². The van der Waals surface area contributed by atoms with Crippen molar-refractivity contribution in [3.05, 3.63) is 89.4 Å². The average molecular weight is 521 g/mol. The van der Waals surface area contributed by atoms with Crippen LogP contribution in [0.25, 0.3) is 10.9 Å². The molecule has 1 aromatic carbocycles. The van der Waals surface area contributed by atoms with E-state index in [0.717, 1.165) is 22.2 Å². The molecule has 0 aliphatic carbocycles. The second-order valence-corrected chi connectivity index (χ2v) is 12.7. The van der Waals surface area contributed by atoms with Crippen LogP contribution in [0.15, 0.2) is 67.1 Å². The van der Waals surface area contributed by atoms with Crippen LogP contribution in [0.2, 0.25) is 0 Å². The van der Waals surface area contributed by atoms with Crippen LogP contribution in [0.5, 0.6) is 0 Å². The number of aromatic nitrogens is 2. The number of nitrogens with one attached hydrogen (secondary N) is 1. The van der Waals surface area contributed by atoms with Crippen molar-refractivity contribution in [1.29, 1.82) is 5.26 Å². The third-order valence-electron chi connectivity index (χ3n) is 4.77. The molecule has 0 bridgehead atoms. The Kier molecular flexibility index (Phi) is 6.16. The van der Waals surface area contributed by atoms with Crippen molar-refractivity contribution in [3.63, 3.8) is 0 Å². The number of nitriles is 1.